The van der Waals surface area contributed by atoms with Gasteiger partial charge in [0.25, 0.3) is 0 Å². The van der Waals surface area contributed by atoms with Crippen molar-refractivity contribution in [2.75, 3.05) is 6.61 Å². The number of hydrogen-bond donors (Lipinski definition) is 4. The van der Waals surface area contributed by atoms with Crippen LogP contribution in [0.2, 0.25) is 0 Å². The van der Waals surface area contributed by atoms with Crippen LogP contribution < -0.4 is 5.32 Å². The fourth-order valence-corrected chi connectivity index (χ4v) is 5.34. The molecule has 0 fully saturated rings. The predicted octanol–water partition coefficient (Wildman–Crippen LogP) is 9.65. The summed E-state index contributed by atoms with van der Waals surface area (Å²) in [6.45, 7) is 4.03. The molecule has 43 heavy (non-hydrogen) atoms. The largest absolute Gasteiger partial charge is 0.394 e. The molecule has 252 valence electrons. The molecule has 3 unspecified atom stereocenters. The van der Waals surface area contributed by atoms with E-state index in [1.54, 1.807) is 6.08 Å². The summed E-state index contributed by atoms with van der Waals surface area (Å²) < 4.78 is 0. The first-order valence-electron chi connectivity index (χ1n) is 18.3. The lowest BCUT2D eigenvalue weighted by Gasteiger charge is -2.21. The Kier molecular flexibility index (Phi) is 32.3. The third kappa shape index (κ3) is 29.1. The van der Waals surface area contributed by atoms with Crippen molar-refractivity contribution < 1.29 is 20.1 Å². The molecule has 4 N–H and O–H groups in total. The molecule has 0 aromatic carbocycles. The minimum atomic E-state index is -1.10. The molecule has 0 aliphatic carbocycles. The summed E-state index contributed by atoms with van der Waals surface area (Å²) in [6, 6.07) is -0.815. The SMILES string of the molecule is CC/C=C/CC/C=C/CC/C=C/C(O)C(CO)NC(=O)C(O)CCCCCCCCCCCCCCCCCCCCC. The Balaban J connectivity index is 3.70. The van der Waals surface area contributed by atoms with E-state index in [0.29, 0.717) is 6.42 Å². The summed E-state index contributed by atoms with van der Waals surface area (Å²) in [7, 11) is 0. The van der Waals surface area contributed by atoms with Crippen molar-refractivity contribution in [1.29, 1.82) is 0 Å². The molecular weight excluding hydrogens is 534 g/mol. The molecule has 0 spiro atoms. The average molecular weight is 606 g/mol. The van der Waals surface area contributed by atoms with Crippen molar-refractivity contribution in [3.8, 4) is 0 Å². The number of amides is 1. The van der Waals surface area contributed by atoms with Gasteiger partial charge in [0.1, 0.15) is 6.10 Å². The fourth-order valence-electron chi connectivity index (χ4n) is 5.34. The molecule has 0 rings (SSSR count). The molecule has 0 saturated carbocycles. The van der Waals surface area contributed by atoms with Gasteiger partial charge in [-0.25, -0.2) is 0 Å². The van der Waals surface area contributed by atoms with Crippen molar-refractivity contribution in [2.45, 2.75) is 193 Å². The number of carbonyl (C=O) groups excluding carboxylic acids is 1. The highest BCUT2D eigenvalue weighted by atomic mass is 16.3. The smallest absolute Gasteiger partial charge is 0.249 e. The van der Waals surface area contributed by atoms with Gasteiger partial charge in [-0.15, -0.1) is 0 Å². The molecule has 0 radical (unpaired) electrons. The summed E-state index contributed by atoms with van der Waals surface area (Å²) in [6.07, 6.45) is 40.3. The van der Waals surface area contributed by atoms with Crippen LogP contribution in [0.5, 0.6) is 0 Å². The lowest BCUT2D eigenvalue weighted by molar-refractivity contribution is -0.131. The zero-order chi connectivity index (χ0) is 31.6. The molecule has 0 heterocycles. The van der Waals surface area contributed by atoms with Crippen molar-refractivity contribution in [3.05, 3.63) is 36.5 Å². The molecule has 5 nitrogen and oxygen atoms in total. The Hall–Kier alpha value is -1.43. The summed E-state index contributed by atoms with van der Waals surface area (Å²) in [5.41, 5.74) is 0. The van der Waals surface area contributed by atoms with Crippen LogP contribution in [0, 0.1) is 0 Å². The van der Waals surface area contributed by atoms with E-state index in [1.165, 1.54) is 103 Å². The Morgan fingerprint density at radius 3 is 1.40 bits per heavy atom. The topological polar surface area (TPSA) is 89.8 Å². The Morgan fingerprint density at radius 1 is 0.581 bits per heavy atom. The number of nitrogens with one attached hydrogen (secondary N) is 1. The Morgan fingerprint density at radius 2 is 0.977 bits per heavy atom. The molecule has 0 aliphatic heterocycles. The third-order valence-corrected chi connectivity index (χ3v) is 8.22. The van der Waals surface area contributed by atoms with E-state index in [0.717, 1.165) is 51.4 Å². The zero-order valence-electron chi connectivity index (χ0n) is 28.3. The fraction of sp³-hybridized carbons (Fsp3) is 0.816. The highest BCUT2D eigenvalue weighted by molar-refractivity contribution is 5.80. The van der Waals surface area contributed by atoms with Gasteiger partial charge in [-0.3, -0.25) is 4.79 Å². The van der Waals surface area contributed by atoms with E-state index < -0.39 is 24.2 Å². The summed E-state index contributed by atoms with van der Waals surface area (Å²) in [4.78, 5) is 12.4. The number of hydrogen-bond acceptors (Lipinski definition) is 4. The molecule has 0 aliphatic rings. The number of rotatable bonds is 32. The second kappa shape index (κ2) is 33.5. The molecule has 0 saturated heterocycles. The van der Waals surface area contributed by atoms with Crippen LogP contribution in [-0.4, -0.2) is 46.1 Å². The van der Waals surface area contributed by atoms with Crippen molar-refractivity contribution in [2.24, 2.45) is 0 Å². The standard InChI is InChI=1S/C38H71NO4/c1-3-5-7-9-11-13-15-16-17-18-19-20-21-22-23-25-27-29-31-33-37(42)38(43)39-35(34-40)36(41)32-30-28-26-24-14-12-10-8-6-4-2/h6,8,14,24,30,32,35-37,40-42H,3-5,7,9-13,15-23,25-29,31,33-34H2,1-2H3,(H,39,43)/b8-6+,24-14+,32-30+. The summed E-state index contributed by atoms with van der Waals surface area (Å²) in [5.74, 6) is -0.519. The van der Waals surface area contributed by atoms with Gasteiger partial charge >= 0.3 is 0 Å². The van der Waals surface area contributed by atoms with Gasteiger partial charge in [0.05, 0.1) is 18.8 Å². The number of carbonyl (C=O) groups is 1. The van der Waals surface area contributed by atoms with Crippen molar-refractivity contribution >= 4 is 5.91 Å². The van der Waals surface area contributed by atoms with Crippen LogP contribution >= 0.6 is 0 Å². The Bertz CT molecular complexity index is 675. The average Bonchev–Trinajstić information content (AvgIpc) is 3.01. The normalized spacial score (nSPS) is 14.3. The van der Waals surface area contributed by atoms with Gasteiger partial charge in [-0.05, 0) is 38.5 Å². The summed E-state index contributed by atoms with van der Waals surface area (Å²) in [5, 5.41) is 32.8. The van der Waals surface area contributed by atoms with Crippen LogP contribution in [0.1, 0.15) is 174 Å². The monoisotopic (exact) mass is 606 g/mol. The quantitative estimate of drug-likeness (QED) is 0.0454. The second-order valence-electron chi connectivity index (χ2n) is 12.4. The van der Waals surface area contributed by atoms with E-state index in [-0.39, 0.29) is 6.61 Å². The molecule has 0 bridgehead atoms. The van der Waals surface area contributed by atoms with Crippen LogP contribution in [0.15, 0.2) is 36.5 Å². The van der Waals surface area contributed by atoms with Crippen LogP contribution in [-0.2, 0) is 4.79 Å². The molecule has 1 amide bonds. The van der Waals surface area contributed by atoms with Gasteiger partial charge in [0.15, 0.2) is 0 Å². The van der Waals surface area contributed by atoms with E-state index in [1.807, 2.05) is 6.08 Å². The highest BCUT2D eigenvalue weighted by Crippen LogP contribution is 2.15. The Labute approximate surface area is 266 Å². The first kappa shape index (κ1) is 41.6. The van der Waals surface area contributed by atoms with Crippen LogP contribution in [0.3, 0.4) is 0 Å². The number of unbranched alkanes of at least 4 members (excludes halogenated alkanes) is 20. The number of allylic oxidation sites excluding steroid dienone is 5. The maximum Gasteiger partial charge on any atom is 0.249 e. The van der Waals surface area contributed by atoms with E-state index in [4.69, 9.17) is 0 Å². The first-order valence-corrected chi connectivity index (χ1v) is 18.3. The van der Waals surface area contributed by atoms with Crippen LogP contribution in [0.4, 0.5) is 0 Å². The maximum atomic E-state index is 12.4. The molecule has 3 atom stereocenters. The van der Waals surface area contributed by atoms with E-state index in [9.17, 15) is 20.1 Å². The van der Waals surface area contributed by atoms with E-state index >= 15 is 0 Å². The first-order chi connectivity index (χ1) is 21.1. The minimum absolute atomic E-state index is 0.381. The minimum Gasteiger partial charge on any atom is -0.394 e. The molecular formula is C38H71NO4. The summed E-state index contributed by atoms with van der Waals surface area (Å²) >= 11 is 0. The van der Waals surface area contributed by atoms with Gasteiger partial charge in [0.2, 0.25) is 5.91 Å². The predicted molar refractivity (Wildman–Crippen MR) is 185 cm³/mol. The van der Waals surface area contributed by atoms with Crippen molar-refractivity contribution in [1.82, 2.24) is 5.32 Å². The van der Waals surface area contributed by atoms with E-state index in [2.05, 4.69) is 43.5 Å². The van der Waals surface area contributed by atoms with Gasteiger partial charge in [0, 0.05) is 0 Å². The van der Waals surface area contributed by atoms with Gasteiger partial charge in [-0.2, -0.15) is 0 Å². The lowest BCUT2D eigenvalue weighted by Crippen LogP contribution is -2.48. The maximum absolute atomic E-state index is 12.4. The molecule has 0 aromatic rings. The zero-order valence-corrected chi connectivity index (χ0v) is 28.3. The van der Waals surface area contributed by atoms with Gasteiger partial charge in [-0.1, -0.05) is 172 Å². The molecule has 0 aromatic heterocycles. The third-order valence-electron chi connectivity index (χ3n) is 8.22. The second-order valence-corrected chi connectivity index (χ2v) is 12.4. The van der Waals surface area contributed by atoms with Crippen LogP contribution in [0.25, 0.3) is 0 Å². The highest BCUT2D eigenvalue weighted by Gasteiger charge is 2.22. The van der Waals surface area contributed by atoms with Crippen molar-refractivity contribution in [3.63, 3.8) is 0 Å². The van der Waals surface area contributed by atoms with Gasteiger partial charge < -0.3 is 20.6 Å². The number of aliphatic hydroxyl groups is 3. The number of aliphatic hydroxyl groups excluding tert-OH is 3. The molecule has 5 heteroatoms. The lowest BCUT2D eigenvalue weighted by atomic mass is 10.0.